The predicted octanol–water partition coefficient (Wildman–Crippen LogP) is 4.19. The molecule has 0 spiro atoms. The fourth-order valence-electron chi connectivity index (χ4n) is 5.59. The highest BCUT2D eigenvalue weighted by molar-refractivity contribution is 5.78. The van der Waals surface area contributed by atoms with Gasteiger partial charge < -0.3 is 56.8 Å². The van der Waals surface area contributed by atoms with Gasteiger partial charge in [0.05, 0.1) is 21.7 Å². The van der Waals surface area contributed by atoms with E-state index >= 15 is 0 Å². The summed E-state index contributed by atoms with van der Waals surface area (Å²) in [5.41, 5.74) is -4.38. The summed E-state index contributed by atoms with van der Waals surface area (Å²) < 4.78 is 71.9. The van der Waals surface area contributed by atoms with Crippen molar-refractivity contribution in [3.63, 3.8) is 0 Å². The van der Waals surface area contributed by atoms with Crippen molar-refractivity contribution in [2.75, 3.05) is 27.4 Å². The number of hydrogen-bond donors (Lipinski definition) is 0. The molecule has 2 aliphatic heterocycles. The van der Waals surface area contributed by atoms with Crippen molar-refractivity contribution < 1.29 is 85.6 Å². The Morgan fingerprint density at radius 3 is 1.46 bits per heavy atom. The molecule has 18 heteroatoms. The molecule has 0 amide bonds. The van der Waals surface area contributed by atoms with Gasteiger partial charge >= 0.3 is 35.8 Å². The fraction of sp³-hybridized carbons (Fsp3) is 0.854. The molecule has 0 bridgehead atoms. The van der Waals surface area contributed by atoms with Crippen LogP contribution >= 0.6 is 0 Å². The van der Waals surface area contributed by atoms with Crippen LogP contribution in [0, 0.1) is 21.7 Å². The van der Waals surface area contributed by atoms with Gasteiger partial charge in [0.15, 0.2) is 42.8 Å². The minimum Gasteiger partial charge on any atom is -0.462 e. The zero-order valence-corrected chi connectivity index (χ0v) is 38.0. The van der Waals surface area contributed by atoms with Gasteiger partial charge in [-0.05, 0) is 96.9 Å². The molecule has 2 fully saturated rings. The Balaban J connectivity index is 3.03. The van der Waals surface area contributed by atoms with E-state index in [9.17, 15) is 28.8 Å². The predicted molar refractivity (Wildman–Crippen MR) is 206 cm³/mol. The largest absolute Gasteiger partial charge is 0.462 e. The first-order valence-electron chi connectivity index (χ1n) is 19.6. The maximum atomic E-state index is 13.8. The van der Waals surface area contributed by atoms with Crippen LogP contribution in [0.1, 0.15) is 111 Å². The second-order valence-electron chi connectivity index (χ2n) is 19.2. The van der Waals surface area contributed by atoms with Gasteiger partial charge in [0.2, 0.25) is 0 Å². The number of rotatable bonds is 15. The lowest BCUT2D eigenvalue weighted by atomic mass is 9.92. The van der Waals surface area contributed by atoms with E-state index in [0.717, 1.165) is 13.8 Å². The van der Waals surface area contributed by atoms with Crippen molar-refractivity contribution in [1.82, 2.24) is 0 Å². The Kier molecular flexibility index (Phi) is 17.5. The van der Waals surface area contributed by atoms with Crippen molar-refractivity contribution in [3.8, 4) is 0 Å². The zero-order valence-electron chi connectivity index (χ0n) is 38.0. The summed E-state index contributed by atoms with van der Waals surface area (Å²) in [6.45, 7) is 23.6. The van der Waals surface area contributed by atoms with E-state index in [2.05, 4.69) is 0 Å². The molecule has 340 valence electrons. The van der Waals surface area contributed by atoms with E-state index in [0.29, 0.717) is 0 Å². The van der Waals surface area contributed by atoms with Crippen LogP contribution in [0.4, 0.5) is 0 Å². The van der Waals surface area contributed by atoms with E-state index in [-0.39, 0.29) is 0 Å². The van der Waals surface area contributed by atoms with E-state index in [4.69, 9.17) is 56.8 Å². The van der Waals surface area contributed by atoms with Crippen LogP contribution in [0.3, 0.4) is 0 Å². The summed E-state index contributed by atoms with van der Waals surface area (Å²) in [7, 11) is 2.72. The van der Waals surface area contributed by atoms with Crippen molar-refractivity contribution in [3.05, 3.63) is 0 Å². The van der Waals surface area contributed by atoms with Gasteiger partial charge in [-0.25, -0.2) is 0 Å². The molecular weight excluding hydrogens is 780 g/mol. The first-order valence-corrected chi connectivity index (χ1v) is 19.6. The van der Waals surface area contributed by atoms with Crippen LogP contribution in [0.2, 0.25) is 0 Å². The second kappa shape index (κ2) is 20.0. The Hall–Kier alpha value is -3.42. The van der Waals surface area contributed by atoms with Crippen LogP contribution in [0.25, 0.3) is 0 Å². The lowest BCUT2D eigenvalue weighted by Crippen LogP contribution is -2.65. The zero-order chi connectivity index (χ0) is 45.6. The highest BCUT2D eigenvalue weighted by atomic mass is 16.8. The van der Waals surface area contributed by atoms with Crippen molar-refractivity contribution in [1.29, 1.82) is 0 Å². The lowest BCUT2D eigenvalue weighted by Gasteiger charge is -2.47. The van der Waals surface area contributed by atoms with Gasteiger partial charge in [-0.1, -0.05) is 0 Å². The normalized spacial score (nSPS) is 26.0. The first kappa shape index (κ1) is 51.7. The van der Waals surface area contributed by atoms with Crippen molar-refractivity contribution in [2.45, 2.75) is 178 Å². The minimum absolute atomic E-state index is 0.568. The Morgan fingerprint density at radius 2 is 1.03 bits per heavy atom. The summed E-state index contributed by atoms with van der Waals surface area (Å²) in [6, 6.07) is 0. The Bertz CT molecular complexity index is 1470. The Morgan fingerprint density at radius 1 is 0.593 bits per heavy atom. The first-order chi connectivity index (χ1) is 26.7. The molecule has 0 aromatic rings. The molecule has 9 atom stereocenters. The number of hydrogen-bond acceptors (Lipinski definition) is 18. The topological polar surface area (TPSA) is 213 Å². The van der Waals surface area contributed by atoms with Crippen LogP contribution in [-0.4, -0.2) is 130 Å². The van der Waals surface area contributed by atoms with E-state index in [1.807, 2.05) is 0 Å². The van der Waals surface area contributed by atoms with Crippen LogP contribution in [0.15, 0.2) is 0 Å². The standard InChI is InChI=1S/C41H68O18/c1-21(42)50-19-23(52-22(2)43)26(28-30(31(48-17)49-18)59-41(15,16)58-28)54-32-29(57-36(47)40(12,13)14)27(56-35(46)39(9,10)11)25(55-34(45)38(6,7)8)24(53-32)20-51-33(44)37(3,4)5/h23-32H,19-20H2,1-18H3/t23-,24+,25+,26+,27-,28-,29+,30+,32+/m0/s1. The fourth-order valence-corrected chi connectivity index (χ4v) is 5.59. The van der Waals surface area contributed by atoms with Crippen LogP contribution in [0.5, 0.6) is 0 Å². The summed E-state index contributed by atoms with van der Waals surface area (Å²) in [5.74, 6) is -5.86. The highest BCUT2D eigenvalue weighted by Crippen LogP contribution is 2.39. The summed E-state index contributed by atoms with van der Waals surface area (Å²) in [6.07, 6.45) is -14.7. The van der Waals surface area contributed by atoms with Crippen LogP contribution < -0.4 is 0 Å². The molecule has 0 aromatic carbocycles. The molecular formula is C41H68O18. The number of ether oxygens (including phenoxy) is 12. The van der Waals surface area contributed by atoms with Gasteiger partial charge in [-0.15, -0.1) is 0 Å². The Labute approximate surface area is 348 Å². The number of carbonyl (C=O) groups is 6. The number of carbonyl (C=O) groups excluding carboxylic acids is 6. The third-order valence-corrected chi connectivity index (χ3v) is 8.79. The quantitative estimate of drug-likeness (QED) is 0.128. The number of esters is 6. The molecule has 0 N–H and O–H groups in total. The van der Waals surface area contributed by atoms with Crippen molar-refractivity contribution in [2.24, 2.45) is 21.7 Å². The average Bonchev–Trinajstić information content (AvgIpc) is 3.39. The minimum atomic E-state index is -1.81. The molecule has 2 heterocycles. The van der Waals surface area contributed by atoms with Crippen molar-refractivity contribution >= 4 is 35.8 Å². The molecule has 0 radical (unpaired) electrons. The third-order valence-electron chi connectivity index (χ3n) is 8.79. The molecule has 18 nitrogen and oxygen atoms in total. The molecule has 2 aliphatic rings. The van der Waals surface area contributed by atoms with Crippen LogP contribution in [-0.2, 0) is 85.6 Å². The van der Waals surface area contributed by atoms with Gasteiger partial charge in [0, 0.05) is 28.1 Å². The summed E-state index contributed by atoms with van der Waals surface area (Å²) >= 11 is 0. The molecule has 0 unspecified atom stereocenters. The van der Waals surface area contributed by atoms with Gasteiger partial charge in [-0.3, -0.25) is 28.8 Å². The van der Waals surface area contributed by atoms with E-state index < -0.39 is 138 Å². The molecule has 2 rings (SSSR count). The van der Waals surface area contributed by atoms with Gasteiger partial charge in [-0.2, -0.15) is 0 Å². The monoisotopic (exact) mass is 848 g/mol. The van der Waals surface area contributed by atoms with Gasteiger partial charge in [0.25, 0.3) is 0 Å². The molecule has 2 saturated heterocycles. The molecule has 59 heavy (non-hydrogen) atoms. The maximum Gasteiger partial charge on any atom is 0.311 e. The summed E-state index contributed by atoms with van der Waals surface area (Å²) in [4.78, 5) is 79.3. The molecule has 0 saturated carbocycles. The molecule has 0 aliphatic carbocycles. The average molecular weight is 849 g/mol. The van der Waals surface area contributed by atoms with E-state index in [1.165, 1.54) is 14.2 Å². The smallest absolute Gasteiger partial charge is 0.311 e. The number of methoxy groups -OCH3 is 2. The summed E-state index contributed by atoms with van der Waals surface area (Å²) in [5, 5.41) is 0. The van der Waals surface area contributed by atoms with Gasteiger partial charge in [0.1, 0.15) is 37.6 Å². The second-order valence-corrected chi connectivity index (χ2v) is 19.2. The molecule has 0 aromatic heterocycles. The lowest BCUT2D eigenvalue weighted by molar-refractivity contribution is -0.334. The van der Waals surface area contributed by atoms with E-state index in [1.54, 1.807) is 96.9 Å². The SMILES string of the molecule is COC(OC)[C@@H]1OC(C)(C)O[C@H]1[C@H](O[C@H]1O[C@H](COC(=O)C(C)(C)C)[C@@H](OC(=O)C(C)(C)C)[C@H](OC(=O)C(C)(C)C)[C@H]1OC(=O)C(C)(C)C)[C@H](COC(C)=O)OC(C)=O. The highest BCUT2D eigenvalue weighted by Gasteiger charge is 2.59. The third kappa shape index (κ3) is 14.9. The maximum absolute atomic E-state index is 13.8.